The average Bonchev–Trinajstić information content (AvgIpc) is 2.41. The molecule has 0 aromatic carbocycles. The first-order valence-electron chi connectivity index (χ1n) is 4.25. The third kappa shape index (κ3) is 1.43. The minimum absolute atomic E-state index is 0. The second-order valence-corrected chi connectivity index (χ2v) is 3.58. The predicted molar refractivity (Wildman–Crippen MR) is 47.5 cm³/mol. The quantitative estimate of drug-likeness (QED) is 0.647. The summed E-state index contributed by atoms with van der Waals surface area (Å²) in [7, 11) is 0. The predicted octanol–water partition coefficient (Wildman–Crippen LogP) is 0.881. The van der Waals surface area contributed by atoms with Gasteiger partial charge in [0, 0.05) is 0 Å². The van der Waals surface area contributed by atoms with Crippen LogP contribution in [0.1, 0.15) is 19.3 Å². The molecule has 2 aliphatic rings. The van der Waals surface area contributed by atoms with Gasteiger partial charge >= 0.3 is 5.97 Å². The molecule has 12 heavy (non-hydrogen) atoms. The number of nitrogens with one attached hydrogen (secondary N) is 1. The topological polar surface area (TPSA) is 49.3 Å². The van der Waals surface area contributed by atoms with Crippen LogP contribution in [0.25, 0.3) is 0 Å². The maximum atomic E-state index is 10.7. The Morgan fingerprint density at radius 3 is 2.83 bits per heavy atom. The molecule has 0 aromatic rings. The van der Waals surface area contributed by atoms with Gasteiger partial charge < -0.3 is 10.4 Å². The van der Waals surface area contributed by atoms with Crippen molar-refractivity contribution in [1.29, 1.82) is 0 Å². The molecular weight excluding hydrogens is 178 g/mol. The van der Waals surface area contributed by atoms with E-state index in [2.05, 4.69) is 5.32 Å². The molecule has 0 unspecified atom stereocenters. The monoisotopic (exact) mass is 191 g/mol. The summed E-state index contributed by atoms with van der Waals surface area (Å²) in [4.78, 5) is 10.7. The molecule has 70 valence electrons. The Labute approximate surface area is 77.9 Å². The van der Waals surface area contributed by atoms with Gasteiger partial charge in [0.05, 0.1) is 0 Å². The van der Waals surface area contributed by atoms with Crippen LogP contribution in [0.2, 0.25) is 0 Å². The standard InChI is InChI=1S/C8H13NO2.ClH/c10-8(11)7-6-3-1-2-5(6)4-9-7;/h5-7,9H,1-4H2,(H,10,11);1H/t5-,6+,7-;/m0./s1. The molecule has 1 saturated heterocycles. The fourth-order valence-corrected chi connectivity index (χ4v) is 2.46. The number of halogens is 1. The lowest BCUT2D eigenvalue weighted by molar-refractivity contribution is -0.140. The molecule has 0 aromatic heterocycles. The largest absolute Gasteiger partial charge is 0.480 e. The second-order valence-electron chi connectivity index (χ2n) is 3.58. The summed E-state index contributed by atoms with van der Waals surface area (Å²) >= 11 is 0. The van der Waals surface area contributed by atoms with E-state index in [9.17, 15) is 4.79 Å². The van der Waals surface area contributed by atoms with Gasteiger partial charge in [0.15, 0.2) is 0 Å². The molecule has 1 aliphatic carbocycles. The zero-order valence-corrected chi connectivity index (χ0v) is 7.64. The van der Waals surface area contributed by atoms with Crippen LogP contribution in [0, 0.1) is 11.8 Å². The van der Waals surface area contributed by atoms with E-state index in [1.165, 1.54) is 12.8 Å². The van der Waals surface area contributed by atoms with Gasteiger partial charge in [-0.15, -0.1) is 12.4 Å². The molecule has 4 heteroatoms. The van der Waals surface area contributed by atoms with Crippen LogP contribution >= 0.6 is 12.4 Å². The third-order valence-electron chi connectivity index (χ3n) is 3.01. The van der Waals surface area contributed by atoms with Crippen LogP contribution in [0.4, 0.5) is 0 Å². The number of hydrogen-bond donors (Lipinski definition) is 2. The van der Waals surface area contributed by atoms with Crippen molar-refractivity contribution in [2.75, 3.05) is 6.54 Å². The summed E-state index contributed by atoms with van der Waals surface area (Å²) in [6.45, 7) is 0.918. The highest BCUT2D eigenvalue weighted by Gasteiger charge is 2.42. The van der Waals surface area contributed by atoms with E-state index in [1.807, 2.05) is 0 Å². The van der Waals surface area contributed by atoms with Crippen LogP contribution in [0.15, 0.2) is 0 Å². The Morgan fingerprint density at radius 1 is 1.42 bits per heavy atom. The highest BCUT2D eigenvalue weighted by atomic mass is 35.5. The molecule has 1 heterocycles. The number of carbonyl (C=O) groups is 1. The first kappa shape index (κ1) is 9.81. The highest BCUT2D eigenvalue weighted by molar-refractivity contribution is 5.85. The SMILES string of the molecule is Cl.O=C(O)[C@H]1NC[C@@H]2CCC[C@H]21. The first-order valence-corrected chi connectivity index (χ1v) is 4.25. The zero-order valence-electron chi connectivity index (χ0n) is 6.82. The Bertz CT molecular complexity index is 186. The number of rotatable bonds is 1. The summed E-state index contributed by atoms with van der Waals surface area (Å²) in [5, 5.41) is 11.9. The Morgan fingerprint density at radius 2 is 2.17 bits per heavy atom. The van der Waals surface area contributed by atoms with E-state index >= 15 is 0 Å². The van der Waals surface area contributed by atoms with E-state index < -0.39 is 5.97 Å². The van der Waals surface area contributed by atoms with E-state index in [-0.39, 0.29) is 18.4 Å². The smallest absolute Gasteiger partial charge is 0.320 e. The normalized spacial score (nSPS) is 38.8. The van der Waals surface area contributed by atoms with Crippen LogP contribution in [-0.4, -0.2) is 23.7 Å². The summed E-state index contributed by atoms with van der Waals surface area (Å²) in [6, 6.07) is -0.248. The van der Waals surface area contributed by atoms with Crippen molar-refractivity contribution < 1.29 is 9.90 Å². The lowest BCUT2D eigenvalue weighted by Crippen LogP contribution is -2.35. The summed E-state index contributed by atoms with van der Waals surface area (Å²) < 4.78 is 0. The summed E-state index contributed by atoms with van der Waals surface area (Å²) in [5.41, 5.74) is 0. The number of carboxylic acid groups (broad SMARTS) is 1. The molecule has 2 rings (SSSR count). The minimum Gasteiger partial charge on any atom is -0.480 e. The molecule has 0 radical (unpaired) electrons. The van der Waals surface area contributed by atoms with Gasteiger partial charge in [-0.3, -0.25) is 4.79 Å². The Kier molecular flexibility index (Phi) is 2.96. The van der Waals surface area contributed by atoms with Crippen LogP contribution in [0.3, 0.4) is 0 Å². The Balaban J connectivity index is 0.000000720. The van der Waals surface area contributed by atoms with Crippen molar-refractivity contribution in [3.8, 4) is 0 Å². The molecule has 1 aliphatic heterocycles. The maximum absolute atomic E-state index is 10.7. The van der Waals surface area contributed by atoms with Crippen molar-refractivity contribution in [2.24, 2.45) is 11.8 Å². The fraction of sp³-hybridized carbons (Fsp3) is 0.875. The molecule has 1 saturated carbocycles. The first-order chi connectivity index (χ1) is 5.29. The summed E-state index contributed by atoms with van der Waals surface area (Å²) in [6.07, 6.45) is 3.55. The van der Waals surface area contributed by atoms with Crippen molar-refractivity contribution in [1.82, 2.24) is 5.32 Å². The molecule has 0 amide bonds. The Hall–Kier alpha value is -0.280. The molecular formula is C8H14ClNO2. The van der Waals surface area contributed by atoms with E-state index in [1.54, 1.807) is 0 Å². The van der Waals surface area contributed by atoms with Crippen molar-refractivity contribution in [3.05, 3.63) is 0 Å². The molecule has 3 atom stereocenters. The van der Waals surface area contributed by atoms with Gasteiger partial charge in [0.1, 0.15) is 6.04 Å². The van der Waals surface area contributed by atoms with E-state index in [0.29, 0.717) is 11.8 Å². The average molecular weight is 192 g/mol. The van der Waals surface area contributed by atoms with Gasteiger partial charge in [0.2, 0.25) is 0 Å². The van der Waals surface area contributed by atoms with Gasteiger partial charge in [-0.1, -0.05) is 6.42 Å². The maximum Gasteiger partial charge on any atom is 0.320 e. The van der Waals surface area contributed by atoms with Gasteiger partial charge in [-0.25, -0.2) is 0 Å². The van der Waals surface area contributed by atoms with Crippen molar-refractivity contribution in [2.45, 2.75) is 25.3 Å². The number of fused-ring (bicyclic) bond motifs is 1. The lowest BCUT2D eigenvalue weighted by atomic mass is 9.94. The second kappa shape index (κ2) is 3.62. The van der Waals surface area contributed by atoms with Crippen molar-refractivity contribution in [3.63, 3.8) is 0 Å². The molecule has 2 N–H and O–H groups in total. The van der Waals surface area contributed by atoms with E-state index in [0.717, 1.165) is 13.0 Å². The van der Waals surface area contributed by atoms with Crippen molar-refractivity contribution >= 4 is 18.4 Å². The van der Waals surface area contributed by atoms with Gasteiger partial charge in [-0.2, -0.15) is 0 Å². The molecule has 0 spiro atoms. The van der Waals surface area contributed by atoms with Crippen LogP contribution < -0.4 is 5.32 Å². The fourth-order valence-electron chi connectivity index (χ4n) is 2.46. The molecule has 3 nitrogen and oxygen atoms in total. The number of hydrogen-bond acceptors (Lipinski definition) is 2. The highest BCUT2D eigenvalue weighted by Crippen LogP contribution is 2.37. The zero-order chi connectivity index (χ0) is 7.84. The van der Waals surface area contributed by atoms with Gasteiger partial charge in [0.25, 0.3) is 0 Å². The van der Waals surface area contributed by atoms with Crippen LogP contribution in [-0.2, 0) is 4.79 Å². The van der Waals surface area contributed by atoms with Crippen LogP contribution in [0.5, 0.6) is 0 Å². The molecule has 0 bridgehead atoms. The number of carboxylic acids is 1. The van der Waals surface area contributed by atoms with Gasteiger partial charge in [-0.05, 0) is 31.2 Å². The lowest BCUT2D eigenvalue weighted by Gasteiger charge is -2.12. The third-order valence-corrected chi connectivity index (χ3v) is 3.01. The minimum atomic E-state index is -0.667. The van der Waals surface area contributed by atoms with E-state index in [4.69, 9.17) is 5.11 Å². The summed E-state index contributed by atoms with van der Waals surface area (Å²) in [5.74, 6) is 0.406. The molecule has 2 fully saturated rings. The number of aliphatic carboxylic acids is 1.